The molecule has 2 unspecified atom stereocenters. The monoisotopic (exact) mass is 429 g/mol. The molecule has 0 heterocycles. The van der Waals surface area contributed by atoms with Crippen LogP contribution >= 0.6 is 24.0 Å². The van der Waals surface area contributed by atoms with E-state index in [4.69, 9.17) is 5.73 Å². The molecule has 0 spiro atoms. The minimum absolute atomic E-state index is 0. The quantitative estimate of drug-likeness (QED) is 0.429. The van der Waals surface area contributed by atoms with Crippen molar-refractivity contribution in [3.05, 3.63) is 29.8 Å². The molecular weight excluding hydrogens is 410 g/mol. The van der Waals surface area contributed by atoms with Crippen molar-refractivity contribution in [2.45, 2.75) is 38.1 Å². The Balaban J connectivity index is 0.00000242. The van der Waals surface area contributed by atoms with Crippen LogP contribution in [0.2, 0.25) is 0 Å². The number of benzene rings is 1. The van der Waals surface area contributed by atoms with Crippen molar-refractivity contribution in [3.8, 4) is 5.75 Å². The van der Waals surface area contributed by atoms with Crippen LogP contribution in [0.4, 0.5) is 13.2 Å². The number of para-hydroxylation sites is 1. The fraction of sp³-hybridized carbons (Fsp3) is 0.500. The molecule has 1 aliphatic rings. The van der Waals surface area contributed by atoms with E-state index in [0.717, 1.165) is 6.42 Å². The Hall–Kier alpha value is -1.19. The van der Waals surface area contributed by atoms with E-state index in [1.807, 2.05) is 6.92 Å². The second-order valence-electron chi connectivity index (χ2n) is 4.95. The van der Waals surface area contributed by atoms with Gasteiger partial charge in [-0.15, -0.1) is 37.1 Å². The first-order valence-electron chi connectivity index (χ1n) is 6.82. The predicted molar refractivity (Wildman–Crippen MR) is 89.6 cm³/mol. The summed E-state index contributed by atoms with van der Waals surface area (Å²) in [4.78, 5) is 4.10. The lowest BCUT2D eigenvalue weighted by Gasteiger charge is -2.13. The number of ether oxygens (including phenoxy) is 1. The largest absolute Gasteiger partial charge is 0.573 e. The predicted octanol–water partition coefficient (Wildman–Crippen LogP) is 3.37. The second-order valence-corrected chi connectivity index (χ2v) is 4.95. The summed E-state index contributed by atoms with van der Waals surface area (Å²) in [6.45, 7) is 2.62. The Bertz CT molecular complexity index is 522. The van der Waals surface area contributed by atoms with Crippen LogP contribution in [0.3, 0.4) is 0 Å². The maximum Gasteiger partial charge on any atom is 0.573 e. The van der Waals surface area contributed by atoms with E-state index in [0.29, 0.717) is 24.5 Å². The van der Waals surface area contributed by atoms with E-state index in [1.165, 1.54) is 12.1 Å². The van der Waals surface area contributed by atoms with Gasteiger partial charge in [0.05, 0.1) is 0 Å². The van der Waals surface area contributed by atoms with Crippen molar-refractivity contribution in [3.63, 3.8) is 0 Å². The highest BCUT2D eigenvalue weighted by atomic mass is 127. The summed E-state index contributed by atoms with van der Waals surface area (Å²) < 4.78 is 41.2. The third kappa shape index (κ3) is 5.54. The molecule has 0 saturated heterocycles. The highest BCUT2D eigenvalue weighted by molar-refractivity contribution is 14.0. The lowest BCUT2D eigenvalue weighted by atomic mass is 10.1. The number of rotatable bonds is 5. The lowest BCUT2D eigenvalue weighted by Crippen LogP contribution is -2.34. The molecular formula is C14H19F3IN3O. The van der Waals surface area contributed by atoms with Crippen LogP contribution in [0.1, 0.15) is 31.2 Å². The van der Waals surface area contributed by atoms with Crippen LogP contribution in [0.5, 0.6) is 5.75 Å². The van der Waals surface area contributed by atoms with Gasteiger partial charge in [0.15, 0.2) is 5.96 Å². The maximum absolute atomic E-state index is 12.4. The molecule has 1 aromatic carbocycles. The minimum atomic E-state index is -4.68. The molecule has 0 bridgehead atoms. The number of halogens is 4. The molecule has 8 heteroatoms. The highest BCUT2D eigenvalue weighted by Gasteiger charge is 2.42. The molecule has 3 N–H and O–H groups in total. The number of nitrogens with two attached hydrogens (primary N) is 1. The third-order valence-corrected chi connectivity index (χ3v) is 3.17. The molecule has 0 aromatic heterocycles. The number of nitrogens with one attached hydrogen (secondary N) is 1. The molecule has 2 atom stereocenters. The summed E-state index contributed by atoms with van der Waals surface area (Å²) in [5.41, 5.74) is 6.25. The van der Waals surface area contributed by atoms with E-state index < -0.39 is 6.36 Å². The van der Waals surface area contributed by atoms with E-state index in [9.17, 15) is 13.2 Å². The zero-order chi connectivity index (χ0) is 15.5. The molecule has 0 radical (unpaired) electrons. The number of hydrogen-bond donors (Lipinski definition) is 2. The fourth-order valence-electron chi connectivity index (χ4n) is 2.17. The highest BCUT2D eigenvalue weighted by Crippen LogP contribution is 2.45. The summed E-state index contributed by atoms with van der Waals surface area (Å²) in [5.74, 6) is 0.140. The number of hydrogen-bond acceptors (Lipinski definition) is 2. The van der Waals surface area contributed by atoms with Gasteiger partial charge in [-0.3, -0.25) is 4.99 Å². The summed E-state index contributed by atoms with van der Waals surface area (Å²) in [6, 6.07) is 6.19. The average Bonchev–Trinajstić information content (AvgIpc) is 3.14. The van der Waals surface area contributed by atoms with Crippen LogP contribution in [0.25, 0.3) is 0 Å². The van der Waals surface area contributed by atoms with E-state index >= 15 is 0 Å². The van der Waals surface area contributed by atoms with Gasteiger partial charge in [-0.1, -0.05) is 25.1 Å². The van der Waals surface area contributed by atoms with E-state index in [-0.39, 0.29) is 41.7 Å². The normalized spacial score (nSPS) is 21.0. The van der Waals surface area contributed by atoms with Gasteiger partial charge in [-0.25, -0.2) is 0 Å². The molecule has 22 heavy (non-hydrogen) atoms. The molecule has 1 aliphatic carbocycles. The molecule has 1 fully saturated rings. The van der Waals surface area contributed by atoms with Gasteiger partial charge in [0, 0.05) is 18.5 Å². The van der Waals surface area contributed by atoms with Crippen molar-refractivity contribution in [1.29, 1.82) is 0 Å². The van der Waals surface area contributed by atoms with Gasteiger partial charge in [0.1, 0.15) is 5.75 Å². The summed E-state index contributed by atoms with van der Waals surface area (Å²) >= 11 is 0. The molecule has 1 aromatic rings. The zero-order valence-electron chi connectivity index (χ0n) is 12.1. The van der Waals surface area contributed by atoms with Crippen LogP contribution in [-0.2, 0) is 0 Å². The van der Waals surface area contributed by atoms with E-state index in [2.05, 4.69) is 15.0 Å². The molecule has 0 aliphatic heterocycles. The van der Waals surface area contributed by atoms with Crippen LogP contribution in [0, 0.1) is 0 Å². The SMILES string of the molecule is CCCN=C(N)NC1CC1c1ccccc1OC(F)(F)F.I. The summed E-state index contributed by atoms with van der Waals surface area (Å²) in [6.07, 6.45) is -3.09. The van der Waals surface area contributed by atoms with Gasteiger partial charge in [-0.2, -0.15) is 0 Å². The summed E-state index contributed by atoms with van der Waals surface area (Å²) in [7, 11) is 0. The molecule has 4 nitrogen and oxygen atoms in total. The molecule has 1 saturated carbocycles. The van der Waals surface area contributed by atoms with Crippen molar-refractivity contribution < 1.29 is 17.9 Å². The minimum Gasteiger partial charge on any atom is -0.405 e. The number of alkyl halides is 3. The molecule has 124 valence electrons. The Morgan fingerprint density at radius 3 is 2.73 bits per heavy atom. The number of nitrogens with zero attached hydrogens (tertiary/aromatic N) is 1. The Morgan fingerprint density at radius 1 is 1.41 bits per heavy atom. The van der Waals surface area contributed by atoms with E-state index in [1.54, 1.807) is 12.1 Å². The standard InChI is InChI=1S/C14H18F3N3O.HI/c1-2-7-19-13(18)20-11-8-10(11)9-5-3-4-6-12(9)21-14(15,16)17;/h3-6,10-11H,2,7-8H2,1H3,(H3,18,19,20);1H. The van der Waals surface area contributed by atoms with Crippen molar-refractivity contribution in [2.75, 3.05) is 6.54 Å². The fourth-order valence-corrected chi connectivity index (χ4v) is 2.17. The first kappa shape index (κ1) is 18.9. The molecule has 0 amide bonds. The lowest BCUT2D eigenvalue weighted by molar-refractivity contribution is -0.274. The Kier molecular flexibility index (Phi) is 6.76. The Morgan fingerprint density at radius 2 is 2.09 bits per heavy atom. The average molecular weight is 429 g/mol. The summed E-state index contributed by atoms with van der Waals surface area (Å²) in [5, 5.41) is 3.02. The first-order valence-corrected chi connectivity index (χ1v) is 6.82. The van der Waals surface area contributed by atoms with Crippen molar-refractivity contribution in [2.24, 2.45) is 10.7 Å². The first-order chi connectivity index (χ1) is 9.90. The van der Waals surface area contributed by atoms with Crippen LogP contribution < -0.4 is 15.8 Å². The van der Waals surface area contributed by atoms with Crippen LogP contribution in [-0.4, -0.2) is 24.9 Å². The smallest absolute Gasteiger partial charge is 0.405 e. The van der Waals surface area contributed by atoms with Gasteiger partial charge in [0.2, 0.25) is 0 Å². The molecule has 2 rings (SSSR count). The van der Waals surface area contributed by atoms with Gasteiger partial charge >= 0.3 is 6.36 Å². The Labute approximate surface area is 144 Å². The van der Waals surface area contributed by atoms with Gasteiger partial charge < -0.3 is 15.8 Å². The zero-order valence-corrected chi connectivity index (χ0v) is 14.4. The third-order valence-electron chi connectivity index (χ3n) is 3.17. The second kappa shape index (κ2) is 7.89. The topological polar surface area (TPSA) is 59.6 Å². The number of guanidine groups is 1. The van der Waals surface area contributed by atoms with Crippen molar-refractivity contribution >= 4 is 29.9 Å². The number of aliphatic imine (C=N–C) groups is 1. The van der Waals surface area contributed by atoms with Gasteiger partial charge in [0.25, 0.3) is 0 Å². The van der Waals surface area contributed by atoms with Crippen LogP contribution in [0.15, 0.2) is 29.3 Å². The van der Waals surface area contributed by atoms with Crippen molar-refractivity contribution in [1.82, 2.24) is 5.32 Å². The van der Waals surface area contributed by atoms with Gasteiger partial charge in [-0.05, 0) is 24.5 Å². The maximum atomic E-state index is 12.4.